The van der Waals surface area contributed by atoms with Gasteiger partial charge in [-0.3, -0.25) is 0 Å². The van der Waals surface area contributed by atoms with Crippen molar-refractivity contribution in [3.8, 4) is 0 Å². The van der Waals surface area contributed by atoms with E-state index < -0.39 is 27.3 Å². The van der Waals surface area contributed by atoms with Crippen molar-refractivity contribution in [2.75, 3.05) is 33.0 Å². The molecule has 0 bridgehead atoms. The van der Waals surface area contributed by atoms with Crippen molar-refractivity contribution in [2.24, 2.45) is 0 Å². The van der Waals surface area contributed by atoms with Crippen LogP contribution in [0.3, 0.4) is 0 Å². The van der Waals surface area contributed by atoms with Crippen LogP contribution in [0.2, 0.25) is 0 Å². The third-order valence-electron chi connectivity index (χ3n) is 4.50. The van der Waals surface area contributed by atoms with Crippen LogP contribution in [0.5, 0.6) is 0 Å². The van der Waals surface area contributed by atoms with Gasteiger partial charge in [0.25, 0.3) is 0 Å². The predicted molar refractivity (Wildman–Crippen MR) is 79.1 cm³/mol. The van der Waals surface area contributed by atoms with Crippen LogP contribution >= 0.6 is 0 Å². The maximum atomic E-state index is 13.1. The zero-order valence-corrected chi connectivity index (χ0v) is 13.9. The third kappa shape index (κ3) is 2.94. The molecule has 2 aliphatic rings. The molecule has 2 heterocycles. The smallest absolute Gasteiger partial charge is 0.379 e. The fourth-order valence-corrected chi connectivity index (χ4v) is 5.18. The first-order valence-electron chi connectivity index (χ1n) is 7.53. The van der Waals surface area contributed by atoms with Gasteiger partial charge in [-0.15, -0.1) is 0 Å². The Hall–Kier alpha value is -1.16. The second-order valence-corrected chi connectivity index (χ2v) is 7.97. The first-order valence-corrected chi connectivity index (χ1v) is 8.97. The lowest BCUT2D eigenvalue weighted by Gasteiger charge is -2.42. The van der Waals surface area contributed by atoms with Gasteiger partial charge >= 0.3 is 6.18 Å². The second kappa shape index (κ2) is 5.98. The third-order valence-corrected chi connectivity index (χ3v) is 6.65. The van der Waals surface area contributed by atoms with E-state index in [-0.39, 0.29) is 36.8 Å². The van der Waals surface area contributed by atoms with Crippen LogP contribution < -0.4 is 0 Å². The van der Waals surface area contributed by atoms with Crippen molar-refractivity contribution < 1.29 is 31.1 Å². The van der Waals surface area contributed by atoms with E-state index in [1.54, 1.807) is 0 Å². The minimum absolute atomic E-state index is 0.0986. The topological polar surface area (TPSA) is 55.8 Å². The standard InChI is InChI=1S/C15H18F3NO4S/c1-11-2-3-12(15(16,17)18)8-13(11)24(20,21)19-5-7-23-10-14(19)4-6-22-9-14/h2-3,8H,4-7,9-10H2,1H3. The summed E-state index contributed by atoms with van der Waals surface area (Å²) >= 11 is 0. The van der Waals surface area contributed by atoms with E-state index in [1.807, 2.05) is 0 Å². The van der Waals surface area contributed by atoms with Crippen LogP contribution in [0.4, 0.5) is 13.2 Å². The SMILES string of the molecule is Cc1ccc(C(F)(F)F)cc1S(=O)(=O)N1CCOCC12CCOC2. The van der Waals surface area contributed by atoms with Crippen molar-refractivity contribution in [3.63, 3.8) is 0 Å². The molecule has 9 heteroatoms. The molecule has 1 aromatic carbocycles. The molecule has 3 rings (SSSR count). The molecule has 1 spiro atoms. The van der Waals surface area contributed by atoms with Gasteiger partial charge in [0.2, 0.25) is 10.0 Å². The van der Waals surface area contributed by atoms with Crippen molar-refractivity contribution in [1.29, 1.82) is 0 Å². The van der Waals surface area contributed by atoms with E-state index in [4.69, 9.17) is 9.47 Å². The number of rotatable bonds is 2. The predicted octanol–water partition coefficient (Wildman–Crippen LogP) is 2.19. The molecule has 0 aromatic heterocycles. The summed E-state index contributed by atoms with van der Waals surface area (Å²) in [5.74, 6) is 0. The molecule has 2 aliphatic heterocycles. The maximum Gasteiger partial charge on any atom is 0.416 e. The Morgan fingerprint density at radius 3 is 2.42 bits per heavy atom. The lowest BCUT2D eigenvalue weighted by Crippen LogP contribution is -2.59. The summed E-state index contributed by atoms with van der Waals surface area (Å²) in [6.07, 6.45) is -4.14. The molecule has 0 saturated carbocycles. The first kappa shape index (κ1) is 17.7. The van der Waals surface area contributed by atoms with Crippen LogP contribution in [-0.2, 0) is 25.7 Å². The molecule has 1 aromatic rings. The first-order chi connectivity index (χ1) is 11.2. The zero-order chi connectivity index (χ0) is 17.6. The molecule has 0 amide bonds. The minimum Gasteiger partial charge on any atom is -0.379 e. The molecule has 2 saturated heterocycles. The minimum atomic E-state index is -4.60. The summed E-state index contributed by atoms with van der Waals surface area (Å²) in [5, 5.41) is 0. The summed E-state index contributed by atoms with van der Waals surface area (Å²) in [5.41, 5.74) is -1.53. The van der Waals surface area contributed by atoms with Gasteiger partial charge < -0.3 is 9.47 Å². The number of hydrogen-bond donors (Lipinski definition) is 0. The zero-order valence-electron chi connectivity index (χ0n) is 13.1. The average molecular weight is 365 g/mol. The lowest BCUT2D eigenvalue weighted by atomic mass is 9.99. The van der Waals surface area contributed by atoms with E-state index in [2.05, 4.69) is 0 Å². The van der Waals surface area contributed by atoms with Crippen molar-refractivity contribution in [1.82, 2.24) is 4.31 Å². The van der Waals surface area contributed by atoms with Gasteiger partial charge in [0.1, 0.15) is 0 Å². The van der Waals surface area contributed by atoms with Gasteiger partial charge in [-0.2, -0.15) is 17.5 Å². The summed E-state index contributed by atoms with van der Waals surface area (Å²) in [6.45, 7) is 2.57. The molecule has 1 unspecified atom stereocenters. The fourth-order valence-electron chi connectivity index (χ4n) is 3.17. The number of halogens is 3. The van der Waals surface area contributed by atoms with Crippen LogP contribution in [0.1, 0.15) is 17.5 Å². The molecule has 134 valence electrons. The molecular weight excluding hydrogens is 347 g/mol. The highest BCUT2D eigenvalue weighted by Gasteiger charge is 2.49. The van der Waals surface area contributed by atoms with Crippen molar-refractivity contribution in [3.05, 3.63) is 29.3 Å². The molecule has 0 radical (unpaired) electrons. The second-order valence-electron chi connectivity index (χ2n) is 6.13. The van der Waals surface area contributed by atoms with Gasteiger partial charge in [-0.25, -0.2) is 8.42 Å². The summed E-state index contributed by atoms with van der Waals surface area (Å²) in [6, 6.07) is 2.79. The summed E-state index contributed by atoms with van der Waals surface area (Å²) in [4.78, 5) is -0.314. The summed E-state index contributed by atoms with van der Waals surface area (Å²) in [7, 11) is -4.09. The number of nitrogens with zero attached hydrogens (tertiary/aromatic N) is 1. The number of sulfonamides is 1. The van der Waals surface area contributed by atoms with Crippen LogP contribution in [0.25, 0.3) is 0 Å². The van der Waals surface area contributed by atoms with Gasteiger partial charge in [0.15, 0.2) is 0 Å². The Labute approximate surface area is 138 Å². The monoisotopic (exact) mass is 365 g/mol. The van der Waals surface area contributed by atoms with Crippen LogP contribution in [0, 0.1) is 6.92 Å². The van der Waals surface area contributed by atoms with E-state index in [9.17, 15) is 21.6 Å². The quantitative estimate of drug-likeness (QED) is 0.806. The van der Waals surface area contributed by atoms with Gasteiger partial charge in [-0.1, -0.05) is 6.07 Å². The van der Waals surface area contributed by atoms with E-state index in [0.717, 1.165) is 6.07 Å². The van der Waals surface area contributed by atoms with Crippen LogP contribution in [0.15, 0.2) is 23.1 Å². The Kier molecular flexibility index (Phi) is 4.40. The molecule has 5 nitrogen and oxygen atoms in total. The number of benzene rings is 1. The fraction of sp³-hybridized carbons (Fsp3) is 0.600. The van der Waals surface area contributed by atoms with Crippen molar-refractivity contribution in [2.45, 2.75) is 30.0 Å². The normalized spacial score (nSPS) is 26.2. The Morgan fingerprint density at radius 2 is 1.83 bits per heavy atom. The van der Waals surface area contributed by atoms with Gasteiger partial charge in [0.05, 0.1) is 35.8 Å². The van der Waals surface area contributed by atoms with Gasteiger partial charge in [0, 0.05) is 13.2 Å². The molecule has 0 N–H and O–H groups in total. The lowest BCUT2D eigenvalue weighted by molar-refractivity contribution is -0.137. The largest absolute Gasteiger partial charge is 0.416 e. The van der Waals surface area contributed by atoms with E-state index >= 15 is 0 Å². The number of ether oxygens (including phenoxy) is 2. The molecule has 1 atom stereocenters. The maximum absolute atomic E-state index is 13.1. The number of aryl methyl sites for hydroxylation is 1. The Morgan fingerprint density at radius 1 is 1.17 bits per heavy atom. The Balaban J connectivity index is 2.07. The average Bonchev–Trinajstić information content (AvgIpc) is 2.95. The number of hydrogen-bond acceptors (Lipinski definition) is 4. The van der Waals surface area contributed by atoms with Crippen LogP contribution in [-0.4, -0.2) is 51.2 Å². The Bertz CT molecular complexity index is 727. The van der Waals surface area contributed by atoms with Crippen molar-refractivity contribution >= 4 is 10.0 Å². The highest BCUT2D eigenvalue weighted by Crippen LogP contribution is 2.37. The molecular formula is C15H18F3NO4S. The molecule has 0 aliphatic carbocycles. The van der Waals surface area contributed by atoms with E-state index in [1.165, 1.54) is 17.3 Å². The highest BCUT2D eigenvalue weighted by atomic mass is 32.2. The molecule has 2 fully saturated rings. The number of morpholine rings is 1. The van der Waals surface area contributed by atoms with Gasteiger partial charge in [-0.05, 0) is 31.0 Å². The van der Waals surface area contributed by atoms with E-state index in [0.29, 0.717) is 19.1 Å². The summed E-state index contributed by atoms with van der Waals surface area (Å²) < 4.78 is 77.1. The molecule has 24 heavy (non-hydrogen) atoms. The number of alkyl halides is 3. The highest BCUT2D eigenvalue weighted by molar-refractivity contribution is 7.89.